The van der Waals surface area contributed by atoms with Crippen LogP contribution in [0.3, 0.4) is 0 Å². The van der Waals surface area contributed by atoms with Crippen molar-refractivity contribution in [1.29, 1.82) is 0 Å². The Kier molecular flexibility index (Phi) is 6.72. The summed E-state index contributed by atoms with van der Waals surface area (Å²) in [6.45, 7) is 2.44. The molecular formula is C20H27N3O3. The molecule has 6 nitrogen and oxygen atoms in total. The summed E-state index contributed by atoms with van der Waals surface area (Å²) in [6.07, 6.45) is 0.356. The van der Waals surface area contributed by atoms with E-state index in [9.17, 15) is 9.90 Å². The maximum absolute atomic E-state index is 10.6. The number of hydrogen-bond acceptors (Lipinski definition) is 4. The van der Waals surface area contributed by atoms with Gasteiger partial charge in [0.05, 0.1) is 5.69 Å². The van der Waals surface area contributed by atoms with Crippen molar-refractivity contribution in [2.75, 3.05) is 24.3 Å². The summed E-state index contributed by atoms with van der Waals surface area (Å²) in [5, 5.41) is 24.6. The summed E-state index contributed by atoms with van der Waals surface area (Å²) < 4.78 is 0. The predicted octanol–water partition coefficient (Wildman–Crippen LogP) is 3.66. The third-order valence-corrected chi connectivity index (χ3v) is 4.21. The molecule has 2 aromatic carbocycles. The summed E-state index contributed by atoms with van der Waals surface area (Å²) in [7, 11) is 4.01. The lowest BCUT2D eigenvalue weighted by Gasteiger charge is -2.15. The average Bonchev–Trinajstić information content (AvgIpc) is 2.59. The molecule has 0 heterocycles. The average molecular weight is 357 g/mol. The second-order valence-corrected chi connectivity index (χ2v) is 6.66. The third-order valence-electron chi connectivity index (χ3n) is 4.21. The van der Waals surface area contributed by atoms with Gasteiger partial charge in [-0.1, -0.05) is 18.2 Å². The maximum Gasteiger partial charge on any atom is 0.404 e. The lowest BCUT2D eigenvalue weighted by Crippen LogP contribution is -2.31. The number of hydrogen-bond donors (Lipinski definition) is 4. The van der Waals surface area contributed by atoms with Crippen molar-refractivity contribution in [3.8, 4) is 5.75 Å². The Labute approximate surface area is 154 Å². The standard InChI is InChI=1S/C20H27N3O3/c1-14(22-20(25)26)7-8-15-9-10-18(19(24)12-15)21-13-16-5-4-6-17(11-16)23(2)3/h4-6,9-12,14,21-22,24H,7-8,13H2,1-3H3,(H,25,26)/t14-/m0/s1. The number of aryl methyl sites for hydroxylation is 1. The van der Waals surface area contributed by atoms with Crippen molar-refractivity contribution >= 4 is 17.5 Å². The second kappa shape index (κ2) is 8.99. The molecule has 0 saturated carbocycles. The Morgan fingerprint density at radius 3 is 2.58 bits per heavy atom. The van der Waals surface area contributed by atoms with Crippen molar-refractivity contribution < 1.29 is 15.0 Å². The van der Waals surface area contributed by atoms with Crippen LogP contribution in [0, 0.1) is 0 Å². The lowest BCUT2D eigenvalue weighted by atomic mass is 10.1. The zero-order valence-electron chi connectivity index (χ0n) is 15.5. The lowest BCUT2D eigenvalue weighted by molar-refractivity contribution is 0.190. The number of benzene rings is 2. The Morgan fingerprint density at radius 2 is 1.92 bits per heavy atom. The molecule has 1 atom stereocenters. The number of carbonyl (C=O) groups is 1. The van der Waals surface area contributed by atoms with Crippen LogP contribution in [-0.2, 0) is 13.0 Å². The molecule has 1 amide bonds. The molecule has 2 aromatic rings. The van der Waals surface area contributed by atoms with Crippen LogP contribution < -0.4 is 15.5 Å². The van der Waals surface area contributed by atoms with Crippen LogP contribution in [0.15, 0.2) is 42.5 Å². The van der Waals surface area contributed by atoms with Gasteiger partial charge < -0.3 is 25.7 Å². The van der Waals surface area contributed by atoms with Gasteiger partial charge >= 0.3 is 6.09 Å². The largest absolute Gasteiger partial charge is 0.506 e. The first kappa shape index (κ1) is 19.4. The summed E-state index contributed by atoms with van der Waals surface area (Å²) in [6, 6.07) is 13.6. The zero-order chi connectivity index (χ0) is 19.1. The number of carboxylic acid groups (broad SMARTS) is 1. The van der Waals surface area contributed by atoms with Crippen molar-refractivity contribution in [1.82, 2.24) is 5.32 Å². The van der Waals surface area contributed by atoms with E-state index >= 15 is 0 Å². The number of phenols is 1. The van der Waals surface area contributed by atoms with Crippen molar-refractivity contribution in [3.05, 3.63) is 53.6 Å². The minimum absolute atomic E-state index is 0.128. The van der Waals surface area contributed by atoms with Crippen LogP contribution in [0.5, 0.6) is 5.75 Å². The highest BCUT2D eigenvalue weighted by atomic mass is 16.4. The molecule has 0 spiro atoms. The van der Waals surface area contributed by atoms with E-state index in [4.69, 9.17) is 5.11 Å². The van der Waals surface area contributed by atoms with Gasteiger partial charge in [0.15, 0.2) is 0 Å². The summed E-state index contributed by atoms with van der Waals surface area (Å²) in [5.41, 5.74) is 3.92. The molecule has 4 N–H and O–H groups in total. The molecule has 0 aliphatic carbocycles. The summed E-state index contributed by atoms with van der Waals surface area (Å²) in [5.74, 6) is 0.199. The molecule has 2 rings (SSSR count). The fourth-order valence-electron chi connectivity index (χ4n) is 2.69. The number of amides is 1. The highest BCUT2D eigenvalue weighted by Crippen LogP contribution is 2.26. The van der Waals surface area contributed by atoms with Gasteiger partial charge in [0, 0.05) is 32.4 Å². The van der Waals surface area contributed by atoms with Crippen molar-refractivity contribution in [3.63, 3.8) is 0 Å². The number of anilines is 2. The molecule has 0 unspecified atom stereocenters. The van der Waals surface area contributed by atoms with Gasteiger partial charge in [0.2, 0.25) is 0 Å². The minimum atomic E-state index is -1.02. The number of aromatic hydroxyl groups is 1. The van der Waals surface area contributed by atoms with E-state index in [-0.39, 0.29) is 11.8 Å². The van der Waals surface area contributed by atoms with E-state index in [1.54, 1.807) is 6.07 Å². The summed E-state index contributed by atoms with van der Waals surface area (Å²) in [4.78, 5) is 12.7. The molecule has 0 aliphatic rings. The van der Waals surface area contributed by atoms with Gasteiger partial charge in [-0.25, -0.2) is 4.79 Å². The number of rotatable bonds is 8. The number of phenolic OH excluding ortho intramolecular Hbond substituents is 1. The Balaban J connectivity index is 1.93. The van der Waals surface area contributed by atoms with E-state index in [1.807, 2.05) is 45.3 Å². The molecule has 0 saturated heterocycles. The van der Waals surface area contributed by atoms with Crippen molar-refractivity contribution in [2.45, 2.75) is 32.4 Å². The smallest absolute Gasteiger partial charge is 0.404 e. The van der Waals surface area contributed by atoms with Gasteiger partial charge in [0.25, 0.3) is 0 Å². The van der Waals surface area contributed by atoms with Crippen LogP contribution >= 0.6 is 0 Å². The van der Waals surface area contributed by atoms with Crippen LogP contribution in [0.1, 0.15) is 24.5 Å². The Hall–Kier alpha value is -2.89. The van der Waals surface area contributed by atoms with E-state index in [0.717, 1.165) is 16.8 Å². The molecule has 0 radical (unpaired) electrons. The first-order valence-electron chi connectivity index (χ1n) is 8.66. The normalized spacial score (nSPS) is 11.7. The van der Waals surface area contributed by atoms with Gasteiger partial charge in [-0.3, -0.25) is 0 Å². The van der Waals surface area contributed by atoms with E-state index < -0.39 is 6.09 Å². The highest BCUT2D eigenvalue weighted by molar-refractivity contribution is 5.64. The highest BCUT2D eigenvalue weighted by Gasteiger charge is 2.08. The maximum atomic E-state index is 10.6. The molecule has 0 aromatic heterocycles. The molecular weight excluding hydrogens is 330 g/mol. The minimum Gasteiger partial charge on any atom is -0.506 e. The van der Waals surface area contributed by atoms with Gasteiger partial charge in [-0.2, -0.15) is 0 Å². The van der Waals surface area contributed by atoms with Crippen LogP contribution in [0.25, 0.3) is 0 Å². The molecule has 6 heteroatoms. The van der Waals surface area contributed by atoms with E-state index in [0.29, 0.717) is 25.1 Å². The van der Waals surface area contributed by atoms with Crippen LogP contribution in [0.4, 0.5) is 16.2 Å². The number of nitrogens with one attached hydrogen (secondary N) is 2. The molecule has 0 aliphatic heterocycles. The first-order chi connectivity index (χ1) is 12.3. The van der Waals surface area contributed by atoms with Crippen LogP contribution in [0.2, 0.25) is 0 Å². The van der Waals surface area contributed by atoms with Crippen LogP contribution in [-0.4, -0.2) is 36.4 Å². The predicted molar refractivity (Wildman–Crippen MR) is 105 cm³/mol. The fourth-order valence-corrected chi connectivity index (χ4v) is 2.69. The topological polar surface area (TPSA) is 84.8 Å². The van der Waals surface area contributed by atoms with Crippen molar-refractivity contribution in [2.24, 2.45) is 0 Å². The Bertz CT molecular complexity index is 747. The third kappa shape index (κ3) is 5.88. The molecule has 0 bridgehead atoms. The van der Waals surface area contributed by atoms with Gasteiger partial charge in [0.1, 0.15) is 5.75 Å². The molecule has 140 valence electrons. The SMILES string of the molecule is C[C@@H](CCc1ccc(NCc2cccc(N(C)C)c2)c(O)c1)NC(=O)O. The van der Waals surface area contributed by atoms with E-state index in [2.05, 4.69) is 27.7 Å². The molecule has 26 heavy (non-hydrogen) atoms. The van der Waals surface area contributed by atoms with E-state index in [1.165, 1.54) is 0 Å². The molecule has 0 fully saturated rings. The monoisotopic (exact) mass is 357 g/mol. The second-order valence-electron chi connectivity index (χ2n) is 6.66. The fraction of sp³-hybridized carbons (Fsp3) is 0.350. The Morgan fingerprint density at radius 1 is 1.15 bits per heavy atom. The van der Waals surface area contributed by atoms with Gasteiger partial charge in [-0.05, 0) is 55.2 Å². The first-order valence-corrected chi connectivity index (χ1v) is 8.66. The number of nitrogens with zero attached hydrogens (tertiary/aromatic N) is 1. The van der Waals surface area contributed by atoms with Gasteiger partial charge in [-0.15, -0.1) is 0 Å². The summed E-state index contributed by atoms with van der Waals surface area (Å²) >= 11 is 0. The zero-order valence-corrected chi connectivity index (χ0v) is 15.5. The quantitative estimate of drug-likeness (QED) is 0.542.